The fraction of sp³-hybridized carbons (Fsp3) is 0.182. The summed E-state index contributed by atoms with van der Waals surface area (Å²) in [5.41, 5.74) is 6.58. The average molecular weight is 245 g/mol. The number of nitrogen functional groups attached to an aromatic ring is 1. The number of urea groups is 1. The number of rotatable bonds is 1. The van der Waals surface area contributed by atoms with Crippen molar-refractivity contribution in [3.05, 3.63) is 24.3 Å². The minimum Gasteiger partial charge on any atom is -0.384 e. The molecule has 3 heterocycles. The van der Waals surface area contributed by atoms with Crippen molar-refractivity contribution in [2.24, 2.45) is 0 Å². The first kappa shape index (κ1) is 10.6. The van der Waals surface area contributed by atoms with Gasteiger partial charge in [-0.2, -0.15) is 0 Å². The molecule has 7 nitrogen and oxygen atoms in total. The molecule has 1 aliphatic heterocycles. The zero-order valence-corrected chi connectivity index (χ0v) is 9.46. The lowest BCUT2D eigenvalue weighted by molar-refractivity contribution is -0.120. The molecule has 0 radical (unpaired) electrons. The number of anilines is 2. The summed E-state index contributed by atoms with van der Waals surface area (Å²) < 4.78 is 1.55. The number of nitrogens with two attached hydrogens (primary N) is 1. The van der Waals surface area contributed by atoms with Crippen LogP contribution in [0, 0.1) is 0 Å². The molecule has 7 heteroatoms. The van der Waals surface area contributed by atoms with Gasteiger partial charge in [0.2, 0.25) is 5.91 Å². The van der Waals surface area contributed by atoms with Gasteiger partial charge >= 0.3 is 6.03 Å². The highest BCUT2D eigenvalue weighted by molar-refractivity contribution is 6.05. The molecular weight excluding hydrogens is 234 g/mol. The van der Waals surface area contributed by atoms with Gasteiger partial charge in [0.1, 0.15) is 5.82 Å². The first-order valence-corrected chi connectivity index (χ1v) is 5.51. The SMILES string of the molecule is Nc1cccc2cc(N3CCC(=O)NC3=O)nn12. The van der Waals surface area contributed by atoms with Gasteiger partial charge in [0.25, 0.3) is 0 Å². The minimum absolute atomic E-state index is 0.264. The first-order valence-electron chi connectivity index (χ1n) is 5.51. The molecule has 2 aromatic heterocycles. The van der Waals surface area contributed by atoms with Crippen molar-refractivity contribution in [2.75, 3.05) is 17.2 Å². The zero-order chi connectivity index (χ0) is 12.7. The molecule has 1 fully saturated rings. The van der Waals surface area contributed by atoms with Crippen LogP contribution in [0.4, 0.5) is 16.4 Å². The second-order valence-corrected chi connectivity index (χ2v) is 4.04. The number of hydrogen-bond acceptors (Lipinski definition) is 4. The van der Waals surface area contributed by atoms with E-state index in [0.29, 0.717) is 18.2 Å². The van der Waals surface area contributed by atoms with E-state index < -0.39 is 6.03 Å². The molecule has 1 aliphatic rings. The third kappa shape index (κ3) is 1.56. The Morgan fingerprint density at radius 1 is 1.33 bits per heavy atom. The van der Waals surface area contributed by atoms with Crippen LogP contribution in [0.25, 0.3) is 5.52 Å². The highest BCUT2D eigenvalue weighted by atomic mass is 16.2. The number of imide groups is 1. The van der Waals surface area contributed by atoms with Crippen LogP contribution in [0.1, 0.15) is 6.42 Å². The Morgan fingerprint density at radius 2 is 2.17 bits per heavy atom. The van der Waals surface area contributed by atoms with E-state index in [9.17, 15) is 9.59 Å². The van der Waals surface area contributed by atoms with Crippen molar-refractivity contribution in [3.8, 4) is 0 Å². The Bertz CT molecular complexity index is 648. The fourth-order valence-corrected chi connectivity index (χ4v) is 1.94. The molecule has 0 aliphatic carbocycles. The lowest BCUT2D eigenvalue weighted by atomic mass is 10.3. The van der Waals surface area contributed by atoms with Crippen molar-refractivity contribution >= 4 is 29.1 Å². The maximum absolute atomic E-state index is 11.7. The molecule has 0 spiro atoms. The third-order valence-corrected chi connectivity index (χ3v) is 2.83. The third-order valence-electron chi connectivity index (χ3n) is 2.83. The Morgan fingerprint density at radius 3 is 2.89 bits per heavy atom. The van der Waals surface area contributed by atoms with Gasteiger partial charge in [0, 0.05) is 19.0 Å². The summed E-state index contributed by atoms with van der Waals surface area (Å²) in [6, 6.07) is 6.69. The predicted molar refractivity (Wildman–Crippen MR) is 65.1 cm³/mol. The van der Waals surface area contributed by atoms with E-state index in [0.717, 1.165) is 5.52 Å². The van der Waals surface area contributed by atoms with Crippen molar-refractivity contribution in [2.45, 2.75) is 6.42 Å². The number of carbonyl (C=O) groups excluding carboxylic acids is 2. The molecule has 0 aromatic carbocycles. The maximum atomic E-state index is 11.7. The van der Waals surface area contributed by atoms with Crippen LogP contribution in [0.2, 0.25) is 0 Å². The molecule has 0 unspecified atom stereocenters. The van der Waals surface area contributed by atoms with E-state index in [1.165, 1.54) is 4.90 Å². The number of hydrogen-bond donors (Lipinski definition) is 2. The van der Waals surface area contributed by atoms with E-state index in [1.807, 2.05) is 12.1 Å². The lowest BCUT2D eigenvalue weighted by Crippen LogP contribution is -2.49. The second kappa shape index (κ2) is 3.73. The Kier molecular flexibility index (Phi) is 2.19. The van der Waals surface area contributed by atoms with E-state index in [2.05, 4.69) is 10.4 Å². The van der Waals surface area contributed by atoms with Gasteiger partial charge < -0.3 is 5.73 Å². The Labute approximate surface area is 102 Å². The van der Waals surface area contributed by atoms with Crippen LogP contribution in [0.5, 0.6) is 0 Å². The highest BCUT2D eigenvalue weighted by Crippen LogP contribution is 2.19. The summed E-state index contributed by atoms with van der Waals surface area (Å²) >= 11 is 0. The van der Waals surface area contributed by atoms with Crippen LogP contribution >= 0.6 is 0 Å². The number of aromatic nitrogens is 2. The zero-order valence-electron chi connectivity index (χ0n) is 9.46. The molecule has 0 atom stereocenters. The predicted octanol–water partition coefficient (Wildman–Crippen LogP) is 0.363. The van der Waals surface area contributed by atoms with Crippen LogP contribution < -0.4 is 16.0 Å². The number of carbonyl (C=O) groups is 2. The molecule has 3 amide bonds. The number of amides is 3. The van der Waals surface area contributed by atoms with Crippen molar-refractivity contribution in [1.29, 1.82) is 0 Å². The largest absolute Gasteiger partial charge is 0.384 e. The quantitative estimate of drug-likeness (QED) is 0.758. The molecule has 0 bridgehead atoms. The molecule has 18 heavy (non-hydrogen) atoms. The average Bonchev–Trinajstić information content (AvgIpc) is 2.74. The van der Waals surface area contributed by atoms with Crippen LogP contribution in [-0.2, 0) is 4.79 Å². The van der Waals surface area contributed by atoms with Crippen LogP contribution in [-0.4, -0.2) is 28.1 Å². The van der Waals surface area contributed by atoms with Gasteiger partial charge in [0.05, 0.1) is 5.52 Å². The monoisotopic (exact) mass is 245 g/mol. The van der Waals surface area contributed by atoms with E-state index in [-0.39, 0.29) is 12.3 Å². The summed E-state index contributed by atoms with van der Waals surface area (Å²) in [5.74, 6) is 0.713. The second-order valence-electron chi connectivity index (χ2n) is 4.04. The smallest absolute Gasteiger partial charge is 0.329 e. The number of pyridine rings is 1. The van der Waals surface area contributed by atoms with Crippen LogP contribution in [0.3, 0.4) is 0 Å². The highest BCUT2D eigenvalue weighted by Gasteiger charge is 2.26. The minimum atomic E-state index is -0.451. The van der Waals surface area contributed by atoms with Gasteiger partial charge in [-0.15, -0.1) is 5.10 Å². The molecule has 2 aromatic rings. The fourth-order valence-electron chi connectivity index (χ4n) is 1.94. The first-order chi connectivity index (χ1) is 8.65. The summed E-state index contributed by atoms with van der Waals surface area (Å²) in [7, 11) is 0. The van der Waals surface area contributed by atoms with Gasteiger partial charge in [-0.25, -0.2) is 9.31 Å². The molecule has 92 valence electrons. The molecular formula is C11H11N5O2. The molecule has 1 saturated heterocycles. The van der Waals surface area contributed by atoms with Crippen molar-refractivity contribution < 1.29 is 9.59 Å². The summed E-state index contributed by atoms with van der Waals surface area (Å²) in [4.78, 5) is 24.2. The molecule has 3 N–H and O–H groups in total. The van der Waals surface area contributed by atoms with Crippen LogP contribution in [0.15, 0.2) is 24.3 Å². The number of nitrogens with one attached hydrogen (secondary N) is 1. The van der Waals surface area contributed by atoms with E-state index in [4.69, 9.17) is 5.73 Å². The summed E-state index contributed by atoms with van der Waals surface area (Å²) in [5, 5.41) is 6.51. The van der Waals surface area contributed by atoms with Gasteiger partial charge in [-0.3, -0.25) is 15.0 Å². The molecule has 3 rings (SSSR count). The summed E-state index contributed by atoms with van der Waals surface area (Å²) in [6.45, 7) is 0.328. The summed E-state index contributed by atoms with van der Waals surface area (Å²) in [6.07, 6.45) is 0.273. The lowest BCUT2D eigenvalue weighted by Gasteiger charge is -2.23. The van der Waals surface area contributed by atoms with E-state index >= 15 is 0 Å². The van der Waals surface area contributed by atoms with Gasteiger partial charge in [-0.1, -0.05) is 6.07 Å². The normalized spacial score (nSPS) is 16.1. The number of nitrogens with zero attached hydrogens (tertiary/aromatic N) is 3. The number of fused-ring (bicyclic) bond motifs is 1. The van der Waals surface area contributed by atoms with Gasteiger partial charge in [-0.05, 0) is 12.1 Å². The Hall–Kier alpha value is -2.57. The van der Waals surface area contributed by atoms with E-state index in [1.54, 1.807) is 16.6 Å². The standard InChI is InChI=1S/C11H11N5O2/c12-8-3-1-2-7-6-9(14-16(7)8)15-5-4-10(17)13-11(15)18/h1-3,6H,4-5,12H2,(H,13,17,18). The van der Waals surface area contributed by atoms with Crippen molar-refractivity contribution in [1.82, 2.24) is 14.9 Å². The van der Waals surface area contributed by atoms with Crippen molar-refractivity contribution in [3.63, 3.8) is 0 Å². The molecule has 0 saturated carbocycles. The topological polar surface area (TPSA) is 92.7 Å². The Balaban J connectivity index is 2.02. The van der Waals surface area contributed by atoms with Gasteiger partial charge in [0.15, 0.2) is 5.82 Å². The maximum Gasteiger partial charge on any atom is 0.329 e.